The van der Waals surface area contributed by atoms with E-state index in [1.807, 2.05) is 30.3 Å². The number of nitrogens with zero attached hydrogens (tertiary/aromatic N) is 2. The quantitative estimate of drug-likeness (QED) is 0.733. The van der Waals surface area contributed by atoms with Gasteiger partial charge in [0.25, 0.3) is 5.56 Å². The van der Waals surface area contributed by atoms with Crippen molar-refractivity contribution in [2.45, 2.75) is 11.3 Å². The van der Waals surface area contributed by atoms with E-state index in [0.29, 0.717) is 10.9 Å². The largest absolute Gasteiger partial charge is 0.496 e. The van der Waals surface area contributed by atoms with E-state index in [1.54, 1.807) is 31.3 Å². The molecule has 0 radical (unpaired) electrons. The molecule has 0 unspecified atom stereocenters. The van der Waals surface area contributed by atoms with Crippen molar-refractivity contribution in [2.24, 2.45) is 0 Å². The van der Waals surface area contributed by atoms with Crippen LogP contribution >= 0.6 is 11.9 Å². The first-order valence-corrected chi connectivity index (χ1v) is 8.65. The third-order valence-electron chi connectivity index (χ3n) is 4.35. The van der Waals surface area contributed by atoms with Crippen molar-refractivity contribution in [3.63, 3.8) is 0 Å². The Bertz CT molecular complexity index is 1070. The van der Waals surface area contributed by atoms with Crippen molar-refractivity contribution in [2.75, 3.05) is 18.0 Å². The van der Waals surface area contributed by atoms with Crippen LogP contribution in [0, 0.1) is 11.3 Å². The number of pyridine rings is 1. The Balaban J connectivity index is 1.77. The Morgan fingerprint density at radius 3 is 2.96 bits per heavy atom. The van der Waals surface area contributed by atoms with Crippen molar-refractivity contribution in [3.8, 4) is 11.8 Å². The summed E-state index contributed by atoms with van der Waals surface area (Å²) in [7, 11) is 1.63. The number of nitriles is 1. The Hall–Kier alpha value is -2.91. The van der Waals surface area contributed by atoms with Gasteiger partial charge in [0.2, 0.25) is 0 Å². The summed E-state index contributed by atoms with van der Waals surface area (Å²) in [6.07, 6.45) is 2.53. The highest BCUT2D eigenvalue weighted by Crippen LogP contribution is 2.42. The van der Waals surface area contributed by atoms with Crippen LogP contribution in [-0.4, -0.2) is 18.6 Å². The second-order valence-electron chi connectivity index (χ2n) is 5.76. The van der Waals surface area contributed by atoms with Crippen molar-refractivity contribution in [3.05, 3.63) is 64.1 Å². The van der Waals surface area contributed by atoms with Crippen molar-refractivity contribution >= 4 is 28.4 Å². The summed E-state index contributed by atoms with van der Waals surface area (Å²) in [6, 6.07) is 13.5. The molecule has 2 heterocycles. The summed E-state index contributed by atoms with van der Waals surface area (Å²) in [6.45, 7) is 0.824. The molecule has 1 aromatic heterocycles. The molecule has 4 rings (SSSR count). The van der Waals surface area contributed by atoms with Crippen LogP contribution in [0.2, 0.25) is 0 Å². The normalized spacial score (nSPS) is 12.9. The number of aromatic nitrogens is 1. The number of hydrogen-bond acceptors (Lipinski definition) is 5. The molecule has 1 N–H and O–H groups in total. The van der Waals surface area contributed by atoms with Gasteiger partial charge in [0.1, 0.15) is 5.75 Å². The van der Waals surface area contributed by atoms with Crippen LogP contribution < -0.4 is 14.6 Å². The molecular formula is C19H15N3O2S. The molecule has 25 heavy (non-hydrogen) atoms. The van der Waals surface area contributed by atoms with E-state index >= 15 is 0 Å². The highest BCUT2D eigenvalue weighted by molar-refractivity contribution is 8.00. The molecule has 1 aliphatic rings. The third kappa shape index (κ3) is 2.63. The second-order valence-corrected chi connectivity index (χ2v) is 6.82. The fourth-order valence-electron chi connectivity index (χ4n) is 3.17. The maximum absolute atomic E-state index is 12.0. The lowest BCUT2D eigenvalue weighted by Crippen LogP contribution is -2.11. The predicted molar refractivity (Wildman–Crippen MR) is 99.2 cm³/mol. The maximum atomic E-state index is 12.0. The van der Waals surface area contributed by atoms with Crippen LogP contribution in [0.5, 0.6) is 5.75 Å². The van der Waals surface area contributed by atoms with Crippen LogP contribution in [-0.2, 0) is 6.42 Å². The molecular weight excluding hydrogens is 334 g/mol. The first kappa shape index (κ1) is 15.6. The zero-order chi connectivity index (χ0) is 17.4. The molecule has 0 amide bonds. The zero-order valence-corrected chi connectivity index (χ0v) is 14.4. The summed E-state index contributed by atoms with van der Waals surface area (Å²) >= 11 is 1.59. The molecule has 6 heteroatoms. The summed E-state index contributed by atoms with van der Waals surface area (Å²) in [5, 5.41) is 10.9. The number of hydrogen-bond donors (Lipinski definition) is 1. The average molecular weight is 349 g/mol. The van der Waals surface area contributed by atoms with Crippen LogP contribution in [0.1, 0.15) is 11.1 Å². The SMILES string of the molecule is COc1cc(C#N)cc2c1CCN2Sc1cccc2c(=O)[nH]ccc12. The molecule has 0 aliphatic carbocycles. The minimum absolute atomic E-state index is 0.0878. The summed E-state index contributed by atoms with van der Waals surface area (Å²) in [5.41, 5.74) is 2.61. The molecule has 0 saturated heterocycles. The van der Waals surface area contributed by atoms with Crippen LogP contribution in [0.3, 0.4) is 0 Å². The lowest BCUT2D eigenvalue weighted by Gasteiger charge is -2.19. The fourth-order valence-corrected chi connectivity index (χ4v) is 4.27. The zero-order valence-electron chi connectivity index (χ0n) is 13.6. The molecule has 0 saturated carbocycles. The predicted octanol–water partition coefficient (Wildman–Crippen LogP) is 3.48. The number of anilines is 1. The lowest BCUT2D eigenvalue weighted by molar-refractivity contribution is 0.411. The van der Waals surface area contributed by atoms with Gasteiger partial charge in [0.15, 0.2) is 0 Å². The highest BCUT2D eigenvalue weighted by atomic mass is 32.2. The third-order valence-corrected chi connectivity index (χ3v) is 5.50. The van der Waals surface area contributed by atoms with Crippen molar-refractivity contribution in [1.29, 1.82) is 5.26 Å². The molecule has 0 spiro atoms. The molecule has 0 atom stereocenters. The highest BCUT2D eigenvalue weighted by Gasteiger charge is 2.25. The molecule has 5 nitrogen and oxygen atoms in total. The first-order chi connectivity index (χ1) is 12.2. The molecule has 3 aromatic rings. The number of nitrogens with one attached hydrogen (secondary N) is 1. The van der Waals surface area contributed by atoms with Gasteiger partial charge in [0, 0.05) is 34.0 Å². The van der Waals surface area contributed by atoms with E-state index in [9.17, 15) is 10.1 Å². The smallest absolute Gasteiger partial charge is 0.255 e. The fraction of sp³-hybridized carbons (Fsp3) is 0.158. The molecule has 2 aromatic carbocycles. The van der Waals surface area contributed by atoms with E-state index in [-0.39, 0.29) is 5.56 Å². The minimum Gasteiger partial charge on any atom is -0.496 e. The van der Waals surface area contributed by atoms with E-state index in [1.165, 1.54) is 0 Å². The van der Waals surface area contributed by atoms with Crippen LogP contribution in [0.4, 0.5) is 5.69 Å². The maximum Gasteiger partial charge on any atom is 0.255 e. The van der Waals surface area contributed by atoms with E-state index < -0.39 is 0 Å². The van der Waals surface area contributed by atoms with Gasteiger partial charge in [-0.2, -0.15) is 5.26 Å². The van der Waals surface area contributed by atoms with E-state index in [2.05, 4.69) is 15.4 Å². The summed E-state index contributed by atoms with van der Waals surface area (Å²) in [5.74, 6) is 0.756. The van der Waals surface area contributed by atoms with Gasteiger partial charge in [-0.05, 0) is 48.7 Å². The number of benzene rings is 2. The number of methoxy groups -OCH3 is 1. The average Bonchev–Trinajstić information content (AvgIpc) is 3.04. The molecule has 0 fully saturated rings. The van der Waals surface area contributed by atoms with Gasteiger partial charge in [-0.1, -0.05) is 6.07 Å². The van der Waals surface area contributed by atoms with Gasteiger partial charge in [-0.25, -0.2) is 0 Å². The monoisotopic (exact) mass is 349 g/mol. The van der Waals surface area contributed by atoms with Crippen LogP contribution in [0.15, 0.2) is 52.3 Å². The number of ether oxygens (including phenoxy) is 1. The summed E-state index contributed by atoms with van der Waals surface area (Å²) in [4.78, 5) is 15.7. The van der Waals surface area contributed by atoms with E-state index in [4.69, 9.17) is 4.74 Å². The Morgan fingerprint density at radius 2 is 2.16 bits per heavy atom. The minimum atomic E-state index is -0.0878. The Labute approximate surface area is 149 Å². The first-order valence-electron chi connectivity index (χ1n) is 7.88. The summed E-state index contributed by atoms with van der Waals surface area (Å²) < 4.78 is 7.61. The number of H-pyrrole nitrogens is 1. The topological polar surface area (TPSA) is 69.1 Å². The molecule has 1 aliphatic heterocycles. The van der Waals surface area contributed by atoms with Gasteiger partial charge < -0.3 is 14.0 Å². The number of rotatable bonds is 3. The van der Waals surface area contributed by atoms with Gasteiger partial charge in [-0.3, -0.25) is 4.79 Å². The number of aromatic amines is 1. The molecule has 124 valence electrons. The standard InChI is InChI=1S/C19H15N3O2S/c1-24-17-10-12(11-20)9-16-15(17)6-8-22(16)25-18-4-2-3-14-13(18)5-7-21-19(14)23/h2-5,7,9-10H,6,8H2,1H3,(H,21,23). The Kier molecular flexibility index (Phi) is 3.86. The van der Waals surface area contributed by atoms with Crippen molar-refractivity contribution < 1.29 is 4.74 Å². The Morgan fingerprint density at radius 1 is 1.28 bits per heavy atom. The second kappa shape index (κ2) is 6.19. The number of fused-ring (bicyclic) bond motifs is 2. The van der Waals surface area contributed by atoms with E-state index in [0.717, 1.165) is 40.2 Å². The van der Waals surface area contributed by atoms with Crippen molar-refractivity contribution in [1.82, 2.24) is 4.98 Å². The van der Waals surface area contributed by atoms with Gasteiger partial charge in [-0.15, -0.1) is 0 Å². The lowest BCUT2D eigenvalue weighted by atomic mass is 10.1. The van der Waals surface area contributed by atoms with Gasteiger partial charge in [0.05, 0.1) is 24.4 Å². The van der Waals surface area contributed by atoms with Crippen LogP contribution in [0.25, 0.3) is 10.8 Å². The van der Waals surface area contributed by atoms with Gasteiger partial charge >= 0.3 is 0 Å². The molecule has 0 bridgehead atoms.